The topological polar surface area (TPSA) is 92.0 Å². The summed E-state index contributed by atoms with van der Waals surface area (Å²) in [7, 11) is 0. The minimum absolute atomic E-state index is 0. The van der Waals surface area contributed by atoms with Crippen LogP contribution in [0.5, 0.6) is 5.88 Å². The van der Waals surface area contributed by atoms with Crippen LogP contribution in [-0.2, 0) is 6.42 Å². The van der Waals surface area contributed by atoms with Gasteiger partial charge in [0.05, 0.1) is 5.56 Å². The Labute approximate surface area is 87.8 Å². The van der Waals surface area contributed by atoms with Crippen LogP contribution in [0.2, 0.25) is 0 Å². The number of H-pyrrole nitrogens is 1. The fourth-order valence-corrected chi connectivity index (χ4v) is 1.10. The molecule has 1 heterocycles. The molecule has 0 aromatic carbocycles. The highest BCUT2D eigenvalue weighted by Crippen LogP contribution is 2.09. The molecule has 5 nitrogen and oxygen atoms in total. The first-order valence-corrected chi connectivity index (χ1v) is 4.05. The highest BCUT2D eigenvalue weighted by molar-refractivity contribution is 5.85. The van der Waals surface area contributed by atoms with Gasteiger partial charge in [0.15, 0.2) is 0 Å². The minimum atomic E-state index is -0.317. The van der Waals surface area contributed by atoms with Gasteiger partial charge >= 0.3 is 0 Å². The summed E-state index contributed by atoms with van der Waals surface area (Å²) in [5.41, 5.74) is 5.44. The van der Waals surface area contributed by atoms with Gasteiger partial charge in [-0.1, -0.05) is 0 Å². The van der Waals surface area contributed by atoms with E-state index >= 15 is 0 Å². The molecule has 4 N–H and O–H groups in total. The number of aromatic hydroxyl groups is 1. The minimum Gasteiger partial charge on any atom is -0.493 e. The Morgan fingerprint density at radius 3 is 2.64 bits per heavy atom. The van der Waals surface area contributed by atoms with Gasteiger partial charge in [-0.3, -0.25) is 4.79 Å². The number of nitrogens with zero attached hydrogens (tertiary/aromatic N) is 1. The van der Waals surface area contributed by atoms with Gasteiger partial charge in [-0.2, -0.15) is 0 Å². The summed E-state index contributed by atoms with van der Waals surface area (Å²) in [5, 5.41) is 9.33. The van der Waals surface area contributed by atoms with E-state index in [2.05, 4.69) is 9.97 Å². The maximum atomic E-state index is 11.3. The zero-order valence-corrected chi connectivity index (χ0v) is 8.89. The Kier molecular flexibility index (Phi) is 4.59. The predicted molar refractivity (Wildman–Crippen MR) is 55.9 cm³/mol. The molecule has 0 aliphatic heterocycles. The number of rotatable bonds is 2. The molecule has 1 aromatic heterocycles. The number of aromatic amines is 1. The molecular weight excluding hydrogens is 206 g/mol. The zero-order chi connectivity index (χ0) is 10.0. The van der Waals surface area contributed by atoms with Crippen LogP contribution in [0.1, 0.15) is 18.3 Å². The van der Waals surface area contributed by atoms with Crippen molar-refractivity contribution >= 4 is 12.4 Å². The van der Waals surface area contributed by atoms with E-state index in [0.29, 0.717) is 12.2 Å². The van der Waals surface area contributed by atoms with Crippen LogP contribution >= 0.6 is 12.4 Å². The van der Waals surface area contributed by atoms with Crippen molar-refractivity contribution in [2.45, 2.75) is 26.3 Å². The van der Waals surface area contributed by atoms with Gasteiger partial charge in [-0.05, 0) is 20.3 Å². The fraction of sp³-hybridized carbons (Fsp3) is 0.500. The smallest absolute Gasteiger partial charge is 0.257 e. The van der Waals surface area contributed by atoms with Gasteiger partial charge in [0.1, 0.15) is 5.82 Å². The lowest BCUT2D eigenvalue weighted by atomic mass is 10.1. The molecular formula is C8H14ClN3O2. The van der Waals surface area contributed by atoms with Crippen molar-refractivity contribution < 1.29 is 5.11 Å². The first-order valence-electron chi connectivity index (χ1n) is 4.05. The third-order valence-corrected chi connectivity index (χ3v) is 1.64. The zero-order valence-electron chi connectivity index (χ0n) is 8.07. The normalized spacial score (nSPS) is 11.9. The van der Waals surface area contributed by atoms with Crippen LogP contribution < -0.4 is 11.3 Å². The number of hydrogen-bond acceptors (Lipinski definition) is 4. The second kappa shape index (κ2) is 4.97. The van der Waals surface area contributed by atoms with Crippen molar-refractivity contribution in [3.63, 3.8) is 0 Å². The third kappa shape index (κ3) is 3.01. The lowest BCUT2D eigenvalue weighted by Crippen LogP contribution is -2.24. The molecule has 0 saturated heterocycles. The van der Waals surface area contributed by atoms with Crippen molar-refractivity contribution in [3.8, 4) is 5.88 Å². The number of nitrogens with one attached hydrogen (secondary N) is 1. The van der Waals surface area contributed by atoms with E-state index < -0.39 is 0 Å². The van der Waals surface area contributed by atoms with E-state index in [1.54, 1.807) is 13.8 Å². The Hall–Kier alpha value is -1.07. The summed E-state index contributed by atoms with van der Waals surface area (Å²) >= 11 is 0. The summed E-state index contributed by atoms with van der Waals surface area (Å²) in [6.07, 6.45) is 0.328. The van der Waals surface area contributed by atoms with E-state index in [1.165, 1.54) is 0 Å². The van der Waals surface area contributed by atoms with Gasteiger partial charge < -0.3 is 15.8 Å². The van der Waals surface area contributed by atoms with Crippen LogP contribution in [0.15, 0.2) is 4.79 Å². The number of aromatic nitrogens is 2. The summed E-state index contributed by atoms with van der Waals surface area (Å²) in [6.45, 7) is 3.37. The molecule has 0 saturated carbocycles. The van der Waals surface area contributed by atoms with Crippen molar-refractivity contribution in [2.24, 2.45) is 5.73 Å². The van der Waals surface area contributed by atoms with E-state index in [9.17, 15) is 9.90 Å². The lowest BCUT2D eigenvalue weighted by molar-refractivity contribution is 0.438. The quantitative estimate of drug-likeness (QED) is 0.658. The molecule has 0 radical (unpaired) electrons. The monoisotopic (exact) mass is 219 g/mol. The molecule has 80 valence electrons. The summed E-state index contributed by atoms with van der Waals surface area (Å²) in [4.78, 5) is 17.5. The first kappa shape index (κ1) is 12.9. The second-order valence-corrected chi connectivity index (χ2v) is 3.13. The fourth-order valence-electron chi connectivity index (χ4n) is 1.10. The van der Waals surface area contributed by atoms with Crippen molar-refractivity contribution in [3.05, 3.63) is 21.7 Å². The van der Waals surface area contributed by atoms with Gasteiger partial charge in [-0.25, -0.2) is 4.98 Å². The van der Waals surface area contributed by atoms with Crippen LogP contribution in [0.25, 0.3) is 0 Å². The van der Waals surface area contributed by atoms with Crippen molar-refractivity contribution in [1.29, 1.82) is 0 Å². The number of aryl methyl sites for hydroxylation is 1. The van der Waals surface area contributed by atoms with Gasteiger partial charge in [0.25, 0.3) is 5.56 Å². The van der Waals surface area contributed by atoms with Gasteiger partial charge in [-0.15, -0.1) is 12.4 Å². The summed E-state index contributed by atoms with van der Waals surface area (Å²) < 4.78 is 0. The van der Waals surface area contributed by atoms with Gasteiger partial charge in [0, 0.05) is 6.04 Å². The molecule has 1 unspecified atom stereocenters. The number of nitrogens with two attached hydrogens (primary N) is 1. The Bertz CT molecular complexity index is 362. The summed E-state index contributed by atoms with van der Waals surface area (Å²) in [5.74, 6) is 0.175. The maximum absolute atomic E-state index is 11.3. The Balaban J connectivity index is 0.00000169. The molecule has 1 aromatic rings. The van der Waals surface area contributed by atoms with E-state index in [4.69, 9.17) is 5.73 Å². The molecule has 0 fully saturated rings. The molecule has 14 heavy (non-hydrogen) atoms. The molecule has 6 heteroatoms. The maximum Gasteiger partial charge on any atom is 0.257 e. The first-order chi connectivity index (χ1) is 6.00. The van der Waals surface area contributed by atoms with Gasteiger partial charge in [0.2, 0.25) is 5.88 Å². The summed E-state index contributed by atoms with van der Waals surface area (Å²) in [6, 6.07) is -0.170. The van der Waals surface area contributed by atoms with Crippen molar-refractivity contribution in [2.75, 3.05) is 0 Å². The lowest BCUT2D eigenvalue weighted by Gasteiger charge is -2.05. The average Bonchev–Trinajstić information content (AvgIpc) is 1.96. The SMILES string of the molecule is Cc1nc(O)c(CC(C)N)c(=O)[nH]1.Cl. The van der Waals surface area contributed by atoms with E-state index in [-0.39, 0.29) is 35.5 Å². The van der Waals surface area contributed by atoms with Crippen molar-refractivity contribution in [1.82, 2.24) is 9.97 Å². The highest BCUT2D eigenvalue weighted by atomic mass is 35.5. The van der Waals surface area contributed by atoms with Crippen LogP contribution in [0, 0.1) is 6.92 Å². The third-order valence-electron chi connectivity index (χ3n) is 1.64. The molecule has 0 amide bonds. The Morgan fingerprint density at radius 2 is 2.21 bits per heavy atom. The molecule has 1 rings (SSSR count). The van der Waals surface area contributed by atoms with E-state index in [1.807, 2.05) is 0 Å². The largest absolute Gasteiger partial charge is 0.493 e. The molecule has 1 atom stereocenters. The molecule has 0 bridgehead atoms. The number of hydrogen-bond donors (Lipinski definition) is 3. The number of halogens is 1. The molecule has 0 spiro atoms. The van der Waals surface area contributed by atoms with E-state index in [0.717, 1.165) is 0 Å². The van der Waals surface area contributed by atoms with Crippen LogP contribution in [-0.4, -0.2) is 21.1 Å². The predicted octanol–water partition coefficient (Wildman–Crippen LogP) is 0.0954. The average molecular weight is 220 g/mol. The molecule has 0 aliphatic carbocycles. The highest BCUT2D eigenvalue weighted by Gasteiger charge is 2.10. The second-order valence-electron chi connectivity index (χ2n) is 3.13. The standard InChI is InChI=1S/C8H13N3O2.ClH/c1-4(9)3-6-7(12)10-5(2)11-8(6)13;/h4H,3,9H2,1-2H3,(H2,10,11,12,13);1H. The van der Waals surface area contributed by atoms with Crippen LogP contribution in [0.4, 0.5) is 0 Å². The Morgan fingerprint density at radius 1 is 1.64 bits per heavy atom. The van der Waals surface area contributed by atoms with Crippen LogP contribution in [0.3, 0.4) is 0 Å². The molecule has 0 aliphatic rings.